The van der Waals surface area contributed by atoms with E-state index < -0.39 is 0 Å². The van der Waals surface area contributed by atoms with Crippen LogP contribution in [0.5, 0.6) is 0 Å². The minimum atomic E-state index is -0.390. The highest BCUT2D eigenvalue weighted by Gasteiger charge is 2.14. The van der Waals surface area contributed by atoms with Gasteiger partial charge in [-0.25, -0.2) is 4.79 Å². The van der Waals surface area contributed by atoms with Crippen molar-refractivity contribution < 1.29 is 14.3 Å². The highest BCUT2D eigenvalue weighted by Crippen LogP contribution is 2.23. The van der Waals surface area contributed by atoms with E-state index >= 15 is 0 Å². The summed E-state index contributed by atoms with van der Waals surface area (Å²) < 4.78 is 7.60. The topological polar surface area (TPSA) is 60.7 Å². The Bertz CT molecular complexity index is 1190. The van der Waals surface area contributed by atoms with Crippen LogP contribution in [0.2, 0.25) is 0 Å². The molecule has 6 heteroatoms. The van der Waals surface area contributed by atoms with Gasteiger partial charge in [-0.15, -0.1) is 6.58 Å². The lowest BCUT2D eigenvalue weighted by Crippen LogP contribution is -2.16. The second-order valence-electron chi connectivity index (χ2n) is 7.07. The van der Waals surface area contributed by atoms with Gasteiger partial charge in [0.25, 0.3) is 5.91 Å². The molecule has 3 aromatic rings. The van der Waals surface area contributed by atoms with Gasteiger partial charge in [-0.05, 0) is 67.1 Å². The van der Waals surface area contributed by atoms with E-state index in [1.165, 1.54) is 42.4 Å². The first kappa shape index (κ1) is 19.3. The van der Waals surface area contributed by atoms with Gasteiger partial charge in [0.1, 0.15) is 0 Å². The van der Waals surface area contributed by atoms with E-state index in [1.54, 1.807) is 18.2 Å². The number of nitrogens with zero attached hydrogens (tertiary/aromatic N) is 2. The van der Waals surface area contributed by atoms with Crippen LogP contribution in [0.4, 0.5) is 0 Å². The van der Waals surface area contributed by atoms with E-state index in [9.17, 15) is 9.59 Å². The van der Waals surface area contributed by atoms with Crippen molar-refractivity contribution in [2.24, 2.45) is 4.99 Å². The molecule has 0 bridgehead atoms. The molecule has 1 heterocycles. The Labute approximate surface area is 173 Å². The van der Waals surface area contributed by atoms with Gasteiger partial charge < -0.3 is 9.30 Å². The molecule has 0 spiro atoms. The molecule has 0 fully saturated rings. The molecule has 5 nitrogen and oxygen atoms in total. The fourth-order valence-corrected chi connectivity index (χ4v) is 4.80. The standard InChI is InChI=1S/C23H22N2O3S/c1-3-12-25-19-11-10-18(22(27)28-2)14-20(19)29-23(25)24-21(26)17-9-8-15-6-4-5-7-16(15)13-17/h3,8-11,13-14H,1,4-7,12H2,2H3. The maximum absolute atomic E-state index is 12.9. The molecular formula is C23H22N2O3S. The zero-order valence-electron chi connectivity index (χ0n) is 16.3. The molecule has 29 heavy (non-hydrogen) atoms. The molecular weight excluding hydrogens is 384 g/mol. The molecule has 148 valence electrons. The van der Waals surface area contributed by atoms with Crippen LogP contribution in [0.25, 0.3) is 10.2 Å². The zero-order valence-corrected chi connectivity index (χ0v) is 17.1. The molecule has 0 radical (unpaired) electrons. The summed E-state index contributed by atoms with van der Waals surface area (Å²) in [6.45, 7) is 4.33. The highest BCUT2D eigenvalue weighted by atomic mass is 32.1. The van der Waals surface area contributed by atoms with Crippen LogP contribution < -0.4 is 4.80 Å². The first-order valence-electron chi connectivity index (χ1n) is 9.64. The summed E-state index contributed by atoms with van der Waals surface area (Å²) in [6.07, 6.45) is 6.25. The van der Waals surface area contributed by atoms with E-state index in [-0.39, 0.29) is 11.9 Å². The number of aryl methyl sites for hydroxylation is 2. The number of amides is 1. The van der Waals surface area contributed by atoms with Crippen LogP contribution in [0.15, 0.2) is 54.0 Å². The van der Waals surface area contributed by atoms with Gasteiger partial charge >= 0.3 is 5.97 Å². The smallest absolute Gasteiger partial charge is 0.337 e. The Morgan fingerprint density at radius 1 is 1.14 bits per heavy atom. The monoisotopic (exact) mass is 406 g/mol. The van der Waals surface area contributed by atoms with E-state index in [0.29, 0.717) is 22.5 Å². The summed E-state index contributed by atoms with van der Waals surface area (Å²) in [4.78, 5) is 29.7. The molecule has 0 saturated heterocycles. The molecule has 0 aliphatic heterocycles. The summed E-state index contributed by atoms with van der Waals surface area (Å²) in [5.74, 6) is -0.643. The third-order valence-corrected chi connectivity index (χ3v) is 6.25. The number of hydrogen-bond acceptors (Lipinski definition) is 4. The molecule has 0 atom stereocenters. The van der Waals surface area contributed by atoms with Crippen LogP contribution in [-0.2, 0) is 24.1 Å². The largest absolute Gasteiger partial charge is 0.465 e. The first-order chi connectivity index (χ1) is 14.1. The third-order valence-electron chi connectivity index (χ3n) is 5.21. The minimum Gasteiger partial charge on any atom is -0.465 e. The van der Waals surface area contributed by atoms with Gasteiger partial charge in [-0.2, -0.15) is 4.99 Å². The average molecular weight is 407 g/mol. The second-order valence-corrected chi connectivity index (χ2v) is 8.07. The number of fused-ring (bicyclic) bond motifs is 2. The van der Waals surface area contributed by atoms with Gasteiger partial charge in [-0.3, -0.25) is 4.79 Å². The predicted octanol–water partition coefficient (Wildman–Crippen LogP) is 4.30. The zero-order chi connectivity index (χ0) is 20.4. The number of carbonyl (C=O) groups excluding carboxylic acids is 2. The molecule has 1 aromatic heterocycles. The Balaban J connectivity index is 1.78. The Hall–Kier alpha value is -2.99. The number of benzene rings is 2. The van der Waals surface area contributed by atoms with Crippen LogP contribution >= 0.6 is 11.3 Å². The summed E-state index contributed by atoms with van der Waals surface area (Å²) in [7, 11) is 1.36. The first-order valence-corrected chi connectivity index (χ1v) is 10.5. The highest BCUT2D eigenvalue weighted by molar-refractivity contribution is 7.16. The number of rotatable bonds is 4. The van der Waals surface area contributed by atoms with E-state index in [4.69, 9.17) is 4.74 Å². The quantitative estimate of drug-likeness (QED) is 0.480. The van der Waals surface area contributed by atoms with Crippen molar-refractivity contribution in [3.8, 4) is 0 Å². The predicted molar refractivity (Wildman–Crippen MR) is 114 cm³/mol. The van der Waals surface area contributed by atoms with Gasteiger partial charge in [0.05, 0.1) is 22.9 Å². The molecule has 1 amide bonds. The van der Waals surface area contributed by atoms with Crippen molar-refractivity contribution in [1.82, 2.24) is 4.57 Å². The van der Waals surface area contributed by atoms with E-state index in [2.05, 4.69) is 17.6 Å². The van der Waals surface area contributed by atoms with E-state index in [0.717, 1.165) is 23.1 Å². The molecule has 4 rings (SSSR count). The molecule has 1 aliphatic rings. The van der Waals surface area contributed by atoms with Crippen molar-refractivity contribution in [1.29, 1.82) is 0 Å². The summed E-state index contributed by atoms with van der Waals surface area (Å²) in [6, 6.07) is 11.3. The average Bonchev–Trinajstić information content (AvgIpc) is 3.09. The van der Waals surface area contributed by atoms with Crippen molar-refractivity contribution in [3.05, 3.63) is 76.1 Å². The van der Waals surface area contributed by atoms with E-state index in [1.807, 2.05) is 22.8 Å². The molecule has 0 unspecified atom stereocenters. The van der Waals surface area contributed by atoms with Crippen LogP contribution in [0.3, 0.4) is 0 Å². The lowest BCUT2D eigenvalue weighted by atomic mass is 9.90. The summed E-state index contributed by atoms with van der Waals surface area (Å²) in [5.41, 5.74) is 4.59. The van der Waals surface area contributed by atoms with Crippen molar-refractivity contribution in [3.63, 3.8) is 0 Å². The second kappa shape index (κ2) is 8.17. The number of allylic oxidation sites excluding steroid dienone is 1. The number of hydrogen-bond donors (Lipinski definition) is 0. The Morgan fingerprint density at radius 2 is 1.90 bits per heavy atom. The number of carbonyl (C=O) groups is 2. The van der Waals surface area contributed by atoms with Gasteiger partial charge in [0.2, 0.25) is 0 Å². The number of thiazole rings is 1. The fourth-order valence-electron chi connectivity index (χ4n) is 3.73. The molecule has 2 aromatic carbocycles. The molecule has 0 N–H and O–H groups in total. The summed E-state index contributed by atoms with van der Waals surface area (Å²) in [5, 5.41) is 0. The molecule has 0 saturated carbocycles. The van der Waals surface area contributed by atoms with Gasteiger partial charge in [0, 0.05) is 12.1 Å². The van der Waals surface area contributed by atoms with Crippen molar-refractivity contribution in [2.45, 2.75) is 32.2 Å². The number of aromatic nitrogens is 1. The van der Waals surface area contributed by atoms with Gasteiger partial charge in [0.15, 0.2) is 4.80 Å². The SMILES string of the molecule is C=CCn1c(=NC(=O)c2ccc3c(c2)CCCC3)sc2cc(C(=O)OC)ccc21. The lowest BCUT2D eigenvalue weighted by Gasteiger charge is -2.15. The number of ether oxygens (including phenoxy) is 1. The lowest BCUT2D eigenvalue weighted by molar-refractivity contribution is 0.0601. The maximum atomic E-state index is 12.9. The summed E-state index contributed by atoms with van der Waals surface area (Å²) >= 11 is 1.38. The van der Waals surface area contributed by atoms with Gasteiger partial charge in [-0.1, -0.05) is 23.5 Å². The fraction of sp³-hybridized carbons (Fsp3) is 0.261. The van der Waals surface area contributed by atoms with Crippen LogP contribution in [0.1, 0.15) is 44.7 Å². The minimum absolute atomic E-state index is 0.254. The van der Waals surface area contributed by atoms with Crippen molar-refractivity contribution in [2.75, 3.05) is 7.11 Å². The number of methoxy groups -OCH3 is 1. The third kappa shape index (κ3) is 3.80. The number of esters is 1. The van der Waals surface area contributed by atoms with Crippen molar-refractivity contribution >= 4 is 33.4 Å². The van der Waals surface area contributed by atoms with Crippen LogP contribution in [0, 0.1) is 0 Å². The normalized spacial score (nSPS) is 13.9. The van der Waals surface area contributed by atoms with Crippen LogP contribution in [-0.4, -0.2) is 23.6 Å². The maximum Gasteiger partial charge on any atom is 0.337 e. The molecule has 1 aliphatic carbocycles. The Morgan fingerprint density at radius 3 is 2.66 bits per heavy atom. The Kier molecular flexibility index (Phi) is 5.45.